The predicted molar refractivity (Wildman–Crippen MR) is 119 cm³/mol. The Kier molecular flexibility index (Phi) is 5.37. The number of amides is 3. The Morgan fingerprint density at radius 1 is 0.935 bits per heavy atom. The highest BCUT2D eigenvalue weighted by Crippen LogP contribution is 2.29. The van der Waals surface area contributed by atoms with Crippen LogP contribution in [-0.4, -0.2) is 24.8 Å². The van der Waals surface area contributed by atoms with Gasteiger partial charge in [-0.1, -0.05) is 29.8 Å². The summed E-state index contributed by atoms with van der Waals surface area (Å²) in [5.41, 5.74) is 3.45. The van der Waals surface area contributed by atoms with Gasteiger partial charge in [0, 0.05) is 17.3 Å². The minimum atomic E-state index is -0.379. The molecule has 3 amide bonds. The molecule has 31 heavy (non-hydrogen) atoms. The molecule has 154 valence electrons. The first-order valence-electron chi connectivity index (χ1n) is 9.69. The second-order valence-corrected chi connectivity index (χ2v) is 7.11. The number of ether oxygens (including phenoxy) is 1. The topological polar surface area (TPSA) is 75.7 Å². The van der Waals surface area contributed by atoms with Crippen LogP contribution in [0.5, 0.6) is 5.75 Å². The smallest absolute Gasteiger partial charge is 0.266 e. The molecule has 6 nitrogen and oxygen atoms in total. The molecule has 1 N–H and O–H groups in total. The van der Waals surface area contributed by atoms with E-state index in [1.54, 1.807) is 61.7 Å². The Bertz CT molecular complexity index is 1190. The average molecular weight is 412 g/mol. The Hall–Kier alpha value is -4.19. The molecule has 0 unspecified atom stereocenters. The summed E-state index contributed by atoms with van der Waals surface area (Å²) in [6, 6.07) is 19.0. The summed E-state index contributed by atoms with van der Waals surface area (Å²) in [4.78, 5) is 38.9. The van der Waals surface area contributed by atoms with Crippen LogP contribution in [0, 0.1) is 6.92 Å². The fourth-order valence-corrected chi connectivity index (χ4v) is 3.48. The Labute approximate surface area is 179 Å². The standard InChI is InChI=1S/C25H20N2O4/c1-16-10-12-22(31-2)17(14-16)11-13-23(28)26-18-6-5-7-19(15-18)27-24(29)20-8-3-4-9-21(20)25(27)30/h3-15H,1-2H3,(H,26,28)/b13-11+. The summed E-state index contributed by atoms with van der Waals surface area (Å²) >= 11 is 0. The maximum Gasteiger partial charge on any atom is 0.266 e. The third-order valence-electron chi connectivity index (χ3n) is 4.97. The van der Waals surface area contributed by atoms with E-state index in [-0.39, 0.29) is 17.7 Å². The van der Waals surface area contributed by atoms with Crippen LogP contribution in [0.15, 0.2) is 72.8 Å². The number of imide groups is 1. The lowest BCUT2D eigenvalue weighted by atomic mass is 10.1. The van der Waals surface area contributed by atoms with Gasteiger partial charge in [-0.3, -0.25) is 14.4 Å². The molecule has 6 heteroatoms. The molecule has 0 fully saturated rings. The van der Waals surface area contributed by atoms with E-state index in [0.717, 1.165) is 16.0 Å². The van der Waals surface area contributed by atoms with Crippen LogP contribution in [-0.2, 0) is 4.79 Å². The maximum absolute atomic E-state index is 12.7. The zero-order valence-corrected chi connectivity index (χ0v) is 17.1. The lowest BCUT2D eigenvalue weighted by molar-refractivity contribution is -0.111. The molecule has 3 aromatic rings. The summed E-state index contributed by atoms with van der Waals surface area (Å²) in [5.74, 6) is -0.434. The second kappa shape index (κ2) is 8.28. The van der Waals surface area contributed by atoms with Crippen LogP contribution in [0.25, 0.3) is 6.08 Å². The van der Waals surface area contributed by atoms with Gasteiger partial charge < -0.3 is 10.1 Å². The van der Waals surface area contributed by atoms with Crippen LogP contribution >= 0.6 is 0 Å². The van der Waals surface area contributed by atoms with E-state index in [1.807, 2.05) is 25.1 Å². The molecular weight excluding hydrogens is 392 g/mol. The van der Waals surface area contributed by atoms with Gasteiger partial charge in [-0.05, 0) is 55.5 Å². The highest BCUT2D eigenvalue weighted by atomic mass is 16.5. The highest BCUT2D eigenvalue weighted by molar-refractivity contribution is 6.34. The molecule has 1 aliphatic rings. The minimum absolute atomic E-state index is 0.344. The summed E-state index contributed by atoms with van der Waals surface area (Å²) in [7, 11) is 1.58. The molecular formula is C25H20N2O4. The number of hydrogen-bond acceptors (Lipinski definition) is 4. The fourth-order valence-electron chi connectivity index (χ4n) is 3.48. The van der Waals surface area contributed by atoms with Gasteiger partial charge in [0.05, 0.1) is 23.9 Å². The van der Waals surface area contributed by atoms with Crippen molar-refractivity contribution in [2.24, 2.45) is 0 Å². The molecule has 0 spiro atoms. The van der Waals surface area contributed by atoms with Crippen LogP contribution < -0.4 is 15.0 Å². The normalized spacial score (nSPS) is 12.9. The van der Waals surface area contributed by atoms with Crippen molar-refractivity contribution in [3.05, 3.63) is 95.1 Å². The number of carbonyl (C=O) groups excluding carboxylic acids is 3. The molecule has 0 radical (unpaired) electrons. The van der Waals surface area contributed by atoms with Crippen molar-refractivity contribution in [2.45, 2.75) is 6.92 Å². The molecule has 3 aromatic carbocycles. The van der Waals surface area contributed by atoms with Crippen molar-refractivity contribution in [2.75, 3.05) is 17.3 Å². The predicted octanol–water partition coefficient (Wildman–Crippen LogP) is 4.46. The van der Waals surface area contributed by atoms with Crippen LogP contribution in [0.1, 0.15) is 31.8 Å². The lowest BCUT2D eigenvalue weighted by Crippen LogP contribution is -2.29. The summed E-state index contributed by atoms with van der Waals surface area (Å²) in [6.45, 7) is 1.96. The second-order valence-electron chi connectivity index (χ2n) is 7.11. The van der Waals surface area contributed by atoms with Gasteiger partial charge in [-0.25, -0.2) is 4.90 Å². The molecule has 1 aliphatic heterocycles. The summed E-state index contributed by atoms with van der Waals surface area (Å²) in [5, 5.41) is 2.76. The highest BCUT2D eigenvalue weighted by Gasteiger charge is 2.36. The third-order valence-corrected chi connectivity index (χ3v) is 4.97. The monoisotopic (exact) mass is 412 g/mol. The SMILES string of the molecule is COc1ccc(C)cc1/C=C/C(=O)Nc1cccc(N2C(=O)c3ccccc3C2=O)c1. The first-order valence-corrected chi connectivity index (χ1v) is 9.69. The quantitative estimate of drug-likeness (QED) is 0.496. The Morgan fingerprint density at radius 2 is 1.65 bits per heavy atom. The maximum atomic E-state index is 12.7. The van der Waals surface area contributed by atoms with E-state index in [1.165, 1.54) is 6.08 Å². The molecule has 0 aliphatic carbocycles. The number of nitrogens with zero attached hydrogens (tertiary/aromatic N) is 1. The van der Waals surface area contributed by atoms with Gasteiger partial charge in [0.25, 0.3) is 11.8 Å². The number of hydrogen-bond donors (Lipinski definition) is 1. The fraction of sp³-hybridized carbons (Fsp3) is 0.0800. The molecule has 0 bridgehead atoms. The third kappa shape index (κ3) is 3.96. The molecule has 0 aromatic heterocycles. The van der Waals surface area contributed by atoms with Crippen molar-refractivity contribution in [1.29, 1.82) is 0 Å². The molecule has 1 heterocycles. The van der Waals surface area contributed by atoms with Gasteiger partial charge in [-0.15, -0.1) is 0 Å². The van der Waals surface area contributed by atoms with E-state index in [4.69, 9.17) is 4.74 Å². The van der Waals surface area contributed by atoms with Gasteiger partial charge in [0.2, 0.25) is 5.91 Å². The molecule has 4 rings (SSSR count). The van der Waals surface area contributed by atoms with Gasteiger partial charge in [0.1, 0.15) is 5.75 Å². The molecule has 0 atom stereocenters. The van der Waals surface area contributed by atoms with Gasteiger partial charge >= 0.3 is 0 Å². The average Bonchev–Trinajstić information content (AvgIpc) is 3.03. The van der Waals surface area contributed by atoms with Crippen molar-refractivity contribution in [3.63, 3.8) is 0 Å². The van der Waals surface area contributed by atoms with E-state index in [9.17, 15) is 14.4 Å². The van der Waals surface area contributed by atoms with E-state index in [2.05, 4.69) is 5.32 Å². The largest absolute Gasteiger partial charge is 0.496 e. The molecule has 0 saturated carbocycles. The van der Waals surface area contributed by atoms with E-state index in [0.29, 0.717) is 28.3 Å². The number of benzene rings is 3. The van der Waals surface area contributed by atoms with Crippen LogP contribution in [0.2, 0.25) is 0 Å². The number of aryl methyl sites for hydroxylation is 1. The number of nitrogens with one attached hydrogen (secondary N) is 1. The zero-order chi connectivity index (χ0) is 22.0. The van der Waals surface area contributed by atoms with Crippen LogP contribution in [0.3, 0.4) is 0 Å². The van der Waals surface area contributed by atoms with Crippen molar-refractivity contribution in [1.82, 2.24) is 0 Å². The van der Waals surface area contributed by atoms with Gasteiger partial charge in [-0.2, -0.15) is 0 Å². The van der Waals surface area contributed by atoms with Crippen molar-refractivity contribution < 1.29 is 19.1 Å². The minimum Gasteiger partial charge on any atom is -0.496 e. The summed E-state index contributed by atoms with van der Waals surface area (Å²) < 4.78 is 5.32. The van der Waals surface area contributed by atoms with Gasteiger partial charge in [0.15, 0.2) is 0 Å². The summed E-state index contributed by atoms with van der Waals surface area (Å²) in [6.07, 6.45) is 3.08. The first-order chi connectivity index (χ1) is 15.0. The number of rotatable bonds is 5. The van der Waals surface area contributed by atoms with Crippen molar-refractivity contribution in [3.8, 4) is 5.75 Å². The van der Waals surface area contributed by atoms with E-state index >= 15 is 0 Å². The Balaban J connectivity index is 1.52. The number of fused-ring (bicyclic) bond motifs is 1. The van der Waals surface area contributed by atoms with Crippen LogP contribution in [0.4, 0.5) is 11.4 Å². The van der Waals surface area contributed by atoms with E-state index < -0.39 is 0 Å². The zero-order valence-electron chi connectivity index (χ0n) is 17.1. The molecule has 0 saturated heterocycles. The van der Waals surface area contributed by atoms with Crippen molar-refractivity contribution >= 4 is 35.2 Å². The number of anilines is 2. The number of carbonyl (C=O) groups is 3. The Morgan fingerprint density at radius 3 is 2.32 bits per heavy atom. The first kappa shape index (κ1) is 20.1. The number of methoxy groups -OCH3 is 1. The lowest BCUT2D eigenvalue weighted by Gasteiger charge is -2.15.